The molecule has 0 saturated heterocycles. The highest BCUT2D eigenvalue weighted by Crippen LogP contribution is 2.14. The Morgan fingerprint density at radius 1 is 1.42 bits per heavy atom. The molecule has 0 bridgehead atoms. The highest BCUT2D eigenvalue weighted by molar-refractivity contribution is 7.89. The maximum absolute atomic E-state index is 12.1. The van der Waals surface area contributed by atoms with Gasteiger partial charge in [0.05, 0.1) is 4.90 Å². The second-order valence-corrected chi connectivity index (χ2v) is 5.98. The van der Waals surface area contributed by atoms with E-state index in [-0.39, 0.29) is 16.6 Å². The number of carbonyl (C=O) groups is 1. The zero-order valence-electron chi connectivity index (χ0n) is 10.6. The van der Waals surface area contributed by atoms with Gasteiger partial charge in [0.2, 0.25) is 15.9 Å². The van der Waals surface area contributed by atoms with Crippen molar-refractivity contribution in [1.82, 2.24) is 9.71 Å². The number of nitrogen functional groups attached to an aromatic ring is 1. The van der Waals surface area contributed by atoms with Crippen molar-refractivity contribution in [2.45, 2.75) is 24.8 Å². The summed E-state index contributed by atoms with van der Waals surface area (Å²) in [7, 11) is -3.87. The number of nitrogens with one attached hydrogen (secondary N) is 2. The number of rotatable bonds is 6. The molecule has 19 heavy (non-hydrogen) atoms. The number of amides is 1. The number of nitrogens with zero attached hydrogens (tertiary/aromatic N) is 1. The van der Waals surface area contributed by atoms with Crippen molar-refractivity contribution in [1.29, 1.82) is 0 Å². The largest absolute Gasteiger partial charge is 0.368 e. The first kappa shape index (κ1) is 15.3. The molecule has 1 unspecified atom stereocenters. The van der Waals surface area contributed by atoms with Crippen LogP contribution in [0.1, 0.15) is 13.8 Å². The monoisotopic (exact) mass is 287 g/mol. The highest BCUT2D eigenvalue weighted by Gasteiger charge is 2.26. The lowest BCUT2D eigenvalue weighted by molar-refractivity contribution is -0.120. The van der Waals surface area contributed by atoms with Crippen LogP contribution in [0, 0.1) is 5.92 Å². The number of primary amides is 1. The lowest BCUT2D eigenvalue weighted by Gasteiger charge is -2.19. The number of anilines is 1. The summed E-state index contributed by atoms with van der Waals surface area (Å²) in [5, 5.41) is 0. The Labute approximate surface area is 111 Å². The van der Waals surface area contributed by atoms with Crippen molar-refractivity contribution in [2.24, 2.45) is 17.5 Å². The van der Waals surface area contributed by atoms with Gasteiger partial charge in [-0.1, -0.05) is 13.8 Å². The van der Waals surface area contributed by atoms with E-state index in [9.17, 15) is 13.2 Å². The molecular formula is C10H17N5O3S. The lowest BCUT2D eigenvalue weighted by atomic mass is 10.1. The van der Waals surface area contributed by atoms with Crippen molar-refractivity contribution in [3.8, 4) is 0 Å². The third-order valence-corrected chi connectivity index (χ3v) is 3.88. The summed E-state index contributed by atoms with van der Waals surface area (Å²) >= 11 is 0. The van der Waals surface area contributed by atoms with Gasteiger partial charge in [-0.25, -0.2) is 19.2 Å². The molecule has 8 nitrogen and oxygen atoms in total. The molecule has 0 radical (unpaired) electrons. The SMILES string of the molecule is CC(C)C(NS(=O)(=O)c1ccnc(NN)c1)C(N)=O. The van der Waals surface area contributed by atoms with Crippen LogP contribution in [0.2, 0.25) is 0 Å². The number of pyridine rings is 1. The molecular weight excluding hydrogens is 270 g/mol. The molecule has 1 rings (SSSR count). The molecule has 1 aromatic heterocycles. The van der Waals surface area contributed by atoms with Gasteiger partial charge in [0.25, 0.3) is 0 Å². The molecule has 0 saturated carbocycles. The maximum atomic E-state index is 12.1. The maximum Gasteiger partial charge on any atom is 0.241 e. The van der Waals surface area contributed by atoms with Crippen molar-refractivity contribution < 1.29 is 13.2 Å². The predicted octanol–water partition coefficient (Wildman–Crippen LogP) is -0.845. The fourth-order valence-corrected chi connectivity index (χ4v) is 2.78. The van der Waals surface area contributed by atoms with Crippen LogP contribution in [0.25, 0.3) is 0 Å². The van der Waals surface area contributed by atoms with Gasteiger partial charge < -0.3 is 11.2 Å². The van der Waals surface area contributed by atoms with Gasteiger partial charge in [-0.3, -0.25) is 4.79 Å². The van der Waals surface area contributed by atoms with Gasteiger partial charge in [-0.2, -0.15) is 4.72 Å². The standard InChI is InChI=1S/C10H17N5O3S/c1-6(2)9(10(11)16)15-19(17,18)7-3-4-13-8(5-7)14-12/h3-6,9,15H,12H2,1-2H3,(H2,11,16)(H,13,14). The zero-order chi connectivity index (χ0) is 14.6. The van der Waals surface area contributed by atoms with E-state index in [1.165, 1.54) is 18.3 Å². The van der Waals surface area contributed by atoms with Crippen LogP contribution in [-0.2, 0) is 14.8 Å². The molecule has 1 aromatic rings. The first-order valence-corrected chi connectivity index (χ1v) is 7.00. The average Bonchev–Trinajstić information content (AvgIpc) is 2.35. The summed E-state index contributed by atoms with van der Waals surface area (Å²) in [6, 6.07) is 1.56. The zero-order valence-corrected chi connectivity index (χ0v) is 11.4. The van der Waals surface area contributed by atoms with E-state index in [0.717, 1.165) is 0 Å². The van der Waals surface area contributed by atoms with Gasteiger partial charge in [-0.05, 0) is 12.0 Å². The summed E-state index contributed by atoms with van der Waals surface area (Å²) in [6.45, 7) is 3.38. The van der Waals surface area contributed by atoms with Crippen molar-refractivity contribution in [3.63, 3.8) is 0 Å². The fraction of sp³-hybridized carbons (Fsp3) is 0.400. The van der Waals surface area contributed by atoms with Crippen LogP contribution in [0.4, 0.5) is 5.82 Å². The third-order valence-electron chi connectivity index (χ3n) is 2.44. The Morgan fingerprint density at radius 2 is 2.05 bits per heavy atom. The van der Waals surface area contributed by atoms with Gasteiger partial charge in [-0.15, -0.1) is 0 Å². The number of sulfonamides is 1. The molecule has 1 atom stereocenters. The van der Waals surface area contributed by atoms with E-state index in [1.807, 2.05) is 0 Å². The summed E-state index contributed by atoms with van der Waals surface area (Å²) in [5.41, 5.74) is 7.41. The normalized spacial score (nSPS) is 13.3. The Hall–Kier alpha value is -1.71. The topological polar surface area (TPSA) is 140 Å². The molecule has 9 heteroatoms. The first-order chi connectivity index (χ1) is 8.77. The van der Waals surface area contributed by atoms with Crippen LogP contribution in [0.5, 0.6) is 0 Å². The van der Waals surface area contributed by atoms with Gasteiger partial charge >= 0.3 is 0 Å². The van der Waals surface area contributed by atoms with Crippen molar-refractivity contribution in [3.05, 3.63) is 18.3 Å². The minimum absolute atomic E-state index is 0.0534. The molecule has 1 amide bonds. The molecule has 0 aliphatic rings. The second kappa shape index (κ2) is 5.95. The molecule has 1 heterocycles. The lowest BCUT2D eigenvalue weighted by Crippen LogP contribution is -2.47. The first-order valence-electron chi connectivity index (χ1n) is 5.52. The van der Waals surface area contributed by atoms with E-state index < -0.39 is 22.0 Å². The Kier molecular flexibility index (Phi) is 4.81. The van der Waals surface area contributed by atoms with Crippen LogP contribution in [0.15, 0.2) is 23.2 Å². The number of hydrogen-bond donors (Lipinski definition) is 4. The van der Waals surface area contributed by atoms with E-state index >= 15 is 0 Å². The molecule has 0 spiro atoms. The van der Waals surface area contributed by atoms with E-state index in [4.69, 9.17) is 11.6 Å². The highest BCUT2D eigenvalue weighted by atomic mass is 32.2. The molecule has 0 aromatic carbocycles. The summed E-state index contributed by atoms with van der Waals surface area (Å²) in [5.74, 6) is 4.36. The predicted molar refractivity (Wildman–Crippen MR) is 70.2 cm³/mol. The molecule has 0 aliphatic carbocycles. The number of carbonyl (C=O) groups excluding carboxylic acids is 1. The fourth-order valence-electron chi connectivity index (χ4n) is 1.42. The summed E-state index contributed by atoms with van der Waals surface area (Å²) in [4.78, 5) is 15.0. The summed E-state index contributed by atoms with van der Waals surface area (Å²) < 4.78 is 26.5. The number of hydrogen-bond acceptors (Lipinski definition) is 6. The minimum atomic E-state index is -3.87. The second-order valence-electron chi connectivity index (χ2n) is 4.27. The van der Waals surface area contributed by atoms with Crippen LogP contribution in [-0.4, -0.2) is 25.4 Å². The Balaban J connectivity index is 3.06. The van der Waals surface area contributed by atoms with Gasteiger partial charge in [0.15, 0.2) is 0 Å². The van der Waals surface area contributed by atoms with Crippen LogP contribution >= 0.6 is 0 Å². The number of hydrazine groups is 1. The Morgan fingerprint density at radius 3 is 2.53 bits per heavy atom. The van der Waals surface area contributed by atoms with E-state index in [2.05, 4.69) is 15.1 Å². The third kappa shape index (κ3) is 3.88. The van der Waals surface area contributed by atoms with Crippen molar-refractivity contribution >= 4 is 21.7 Å². The minimum Gasteiger partial charge on any atom is -0.368 e. The smallest absolute Gasteiger partial charge is 0.241 e. The molecule has 6 N–H and O–H groups in total. The quantitative estimate of drug-likeness (QED) is 0.397. The van der Waals surface area contributed by atoms with Crippen molar-refractivity contribution in [2.75, 3.05) is 5.43 Å². The van der Waals surface area contributed by atoms with E-state index in [0.29, 0.717) is 0 Å². The van der Waals surface area contributed by atoms with Gasteiger partial charge in [0, 0.05) is 12.3 Å². The van der Waals surface area contributed by atoms with Gasteiger partial charge in [0.1, 0.15) is 11.9 Å². The molecule has 0 aliphatic heterocycles. The number of nitrogens with two attached hydrogens (primary N) is 2. The molecule has 106 valence electrons. The average molecular weight is 287 g/mol. The Bertz CT molecular complexity index is 558. The van der Waals surface area contributed by atoms with E-state index in [1.54, 1.807) is 13.8 Å². The summed E-state index contributed by atoms with van der Waals surface area (Å²) in [6.07, 6.45) is 1.29. The molecule has 0 fully saturated rings. The van der Waals surface area contributed by atoms with Crippen LogP contribution in [0.3, 0.4) is 0 Å². The van der Waals surface area contributed by atoms with Crippen LogP contribution < -0.4 is 21.7 Å². The number of aromatic nitrogens is 1.